The normalized spacial score (nSPS) is 18.3. The van der Waals surface area contributed by atoms with E-state index in [0.717, 1.165) is 11.1 Å². The average molecular weight is 366 g/mol. The van der Waals surface area contributed by atoms with Crippen LogP contribution in [0.1, 0.15) is 22.7 Å². The molecule has 0 spiro atoms. The number of ether oxygens (including phenoxy) is 1. The van der Waals surface area contributed by atoms with E-state index in [9.17, 15) is 8.42 Å². The molecule has 3 rings (SSSR count). The molecule has 1 aliphatic heterocycles. The fraction of sp³-hybridized carbons (Fsp3) is 0.333. The van der Waals surface area contributed by atoms with Crippen molar-refractivity contribution in [2.24, 2.45) is 0 Å². The number of benzene rings is 2. The summed E-state index contributed by atoms with van der Waals surface area (Å²) in [6.45, 7) is 0.620. The summed E-state index contributed by atoms with van der Waals surface area (Å²) in [6, 6.07) is 15.0. The third-order valence-corrected chi connectivity index (χ3v) is 6.48. The van der Waals surface area contributed by atoms with Crippen molar-refractivity contribution < 1.29 is 13.2 Å². The van der Waals surface area contributed by atoms with Crippen molar-refractivity contribution in [3.05, 3.63) is 70.2 Å². The Kier molecular flexibility index (Phi) is 5.25. The molecule has 4 nitrogen and oxygen atoms in total. The number of nitrogens with zero attached hydrogens (tertiary/aromatic N) is 1. The first-order valence-electron chi connectivity index (χ1n) is 7.85. The van der Waals surface area contributed by atoms with Crippen molar-refractivity contribution in [3.63, 3.8) is 0 Å². The number of halogens is 1. The minimum absolute atomic E-state index is 0.0351. The molecule has 1 unspecified atom stereocenters. The van der Waals surface area contributed by atoms with Gasteiger partial charge >= 0.3 is 0 Å². The molecule has 24 heavy (non-hydrogen) atoms. The Hall–Kier alpha value is -1.40. The molecule has 1 aliphatic rings. The summed E-state index contributed by atoms with van der Waals surface area (Å²) in [7, 11) is -1.95. The SMILES string of the molecule is COCCS(=O)(=O)N1CCc2ccccc2C1c1ccccc1Cl. The second kappa shape index (κ2) is 7.23. The highest BCUT2D eigenvalue weighted by Crippen LogP contribution is 2.39. The fourth-order valence-corrected chi connectivity index (χ4v) is 4.94. The fourth-order valence-electron chi connectivity index (χ4n) is 3.17. The van der Waals surface area contributed by atoms with Crippen molar-refractivity contribution in [3.8, 4) is 0 Å². The maximum absolute atomic E-state index is 12.9. The van der Waals surface area contributed by atoms with Crippen LogP contribution < -0.4 is 0 Å². The second-order valence-corrected chi connectivity index (χ2v) is 8.24. The molecule has 0 saturated carbocycles. The predicted octanol–water partition coefficient (Wildman–Crippen LogP) is 3.26. The molecule has 2 aromatic carbocycles. The van der Waals surface area contributed by atoms with Crippen LogP contribution in [0.4, 0.5) is 0 Å². The van der Waals surface area contributed by atoms with E-state index < -0.39 is 16.1 Å². The van der Waals surface area contributed by atoms with Gasteiger partial charge in [0, 0.05) is 18.7 Å². The summed E-state index contributed by atoms with van der Waals surface area (Å²) in [6.07, 6.45) is 0.698. The van der Waals surface area contributed by atoms with Gasteiger partial charge in [0.25, 0.3) is 0 Å². The average Bonchev–Trinajstić information content (AvgIpc) is 2.59. The first-order chi connectivity index (χ1) is 11.5. The lowest BCUT2D eigenvalue weighted by Gasteiger charge is -2.37. The van der Waals surface area contributed by atoms with Gasteiger partial charge in [-0.3, -0.25) is 0 Å². The summed E-state index contributed by atoms with van der Waals surface area (Å²) < 4.78 is 32.2. The molecule has 1 heterocycles. The Morgan fingerprint density at radius 3 is 2.50 bits per heavy atom. The number of methoxy groups -OCH3 is 1. The van der Waals surface area contributed by atoms with Crippen LogP contribution in [0.2, 0.25) is 5.02 Å². The highest BCUT2D eigenvalue weighted by Gasteiger charge is 2.36. The quantitative estimate of drug-likeness (QED) is 0.817. The van der Waals surface area contributed by atoms with E-state index >= 15 is 0 Å². The van der Waals surface area contributed by atoms with Crippen LogP contribution in [-0.4, -0.2) is 38.7 Å². The van der Waals surface area contributed by atoms with Crippen LogP contribution in [0.15, 0.2) is 48.5 Å². The van der Waals surface area contributed by atoms with Gasteiger partial charge in [0.1, 0.15) is 0 Å². The number of rotatable bonds is 5. The number of fused-ring (bicyclic) bond motifs is 1. The van der Waals surface area contributed by atoms with Gasteiger partial charge in [-0.2, -0.15) is 4.31 Å². The molecular weight excluding hydrogens is 346 g/mol. The Balaban J connectivity index is 2.11. The van der Waals surface area contributed by atoms with Crippen LogP contribution in [0.5, 0.6) is 0 Å². The summed E-state index contributed by atoms with van der Waals surface area (Å²) >= 11 is 6.40. The van der Waals surface area contributed by atoms with Gasteiger partial charge in [-0.25, -0.2) is 8.42 Å². The van der Waals surface area contributed by atoms with Gasteiger partial charge < -0.3 is 4.74 Å². The van der Waals surface area contributed by atoms with Gasteiger partial charge in [0.15, 0.2) is 0 Å². The zero-order valence-corrected chi connectivity index (χ0v) is 15.1. The lowest BCUT2D eigenvalue weighted by Crippen LogP contribution is -2.42. The van der Waals surface area contributed by atoms with E-state index in [-0.39, 0.29) is 12.4 Å². The zero-order valence-electron chi connectivity index (χ0n) is 13.5. The maximum Gasteiger partial charge on any atom is 0.217 e. The minimum Gasteiger partial charge on any atom is -0.384 e. The summed E-state index contributed by atoms with van der Waals surface area (Å²) in [5, 5.41) is 0.575. The van der Waals surface area contributed by atoms with E-state index in [1.807, 2.05) is 36.4 Å². The first kappa shape index (κ1) is 17.4. The maximum atomic E-state index is 12.9. The first-order valence-corrected chi connectivity index (χ1v) is 9.84. The van der Waals surface area contributed by atoms with Crippen molar-refractivity contribution in [2.45, 2.75) is 12.5 Å². The van der Waals surface area contributed by atoms with Crippen molar-refractivity contribution in [1.29, 1.82) is 0 Å². The van der Waals surface area contributed by atoms with E-state index in [1.54, 1.807) is 10.4 Å². The number of hydrogen-bond acceptors (Lipinski definition) is 3. The second-order valence-electron chi connectivity index (χ2n) is 5.79. The van der Waals surface area contributed by atoms with E-state index in [4.69, 9.17) is 16.3 Å². The number of hydrogen-bond donors (Lipinski definition) is 0. The monoisotopic (exact) mass is 365 g/mol. The molecule has 6 heteroatoms. The largest absolute Gasteiger partial charge is 0.384 e. The highest BCUT2D eigenvalue weighted by molar-refractivity contribution is 7.89. The van der Waals surface area contributed by atoms with Gasteiger partial charge in [-0.1, -0.05) is 54.1 Å². The molecule has 0 fully saturated rings. The zero-order chi connectivity index (χ0) is 17.2. The van der Waals surface area contributed by atoms with Gasteiger partial charge in [-0.05, 0) is 29.2 Å². The molecule has 128 valence electrons. The van der Waals surface area contributed by atoms with Crippen LogP contribution in [0.3, 0.4) is 0 Å². The highest BCUT2D eigenvalue weighted by atomic mass is 35.5. The van der Waals surface area contributed by atoms with Crippen LogP contribution in [0, 0.1) is 0 Å². The molecule has 0 bridgehead atoms. The topological polar surface area (TPSA) is 46.6 Å². The predicted molar refractivity (Wildman–Crippen MR) is 95.8 cm³/mol. The summed E-state index contributed by atoms with van der Waals surface area (Å²) in [5.74, 6) is -0.0351. The third-order valence-electron chi connectivity index (χ3n) is 4.34. The Bertz CT molecular complexity index is 823. The lowest BCUT2D eigenvalue weighted by molar-refractivity contribution is 0.214. The Morgan fingerprint density at radius 1 is 1.12 bits per heavy atom. The molecule has 2 aromatic rings. The summed E-state index contributed by atoms with van der Waals surface area (Å²) in [5.41, 5.74) is 2.98. The Labute approximate surface area is 148 Å². The smallest absolute Gasteiger partial charge is 0.217 e. The lowest BCUT2D eigenvalue weighted by atomic mass is 9.90. The van der Waals surface area contributed by atoms with Crippen LogP contribution >= 0.6 is 11.6 Å². The molecule has 0 aliphatic carbocycles. The van der Waals surface area contributed by atoms with Gasteiger partial charge in [0.2, 0.25) is 10.0 Å². The molecule has 1 atom stereocenters. The molecule has 0 saturated heterocycles. The van der Waals surface area contributed by atoms with Gasteiger partial charge in [-0.15, -0.1) is 0 Å². The Morgan fingerprint density at radius 2 is 1.79 bits per heavy atom. The van der Waals surface area contributed by atoms with E-state index in [1.165, 1.54) is 12.7 Å². The van der Waals surface area contributed by atoms with Crippen LogP contribution in [-0.2, 0) is 21.2 Å². The molecule has 0 N–H and O–H groups in total. The van der Waals surface area contributed by atoms with Gasteiger partial charge in [0.05, 0.1) is 18.4 Å². The standard InChI is InChI=1S/C18H20ClNO3S/c1-23-12-13-24(21,22)20-11-10-14-6-2-3-7-15(14)18(20)16-8-4-5-9-17(16)19/h2-9,18H,10-13H2,1H3. The summed E-state index contributed by atoms with van der Waals surface area (Å²) in [4.78, 5) is 0. The van der Waals surface area contributed by atoms with E-state index in [2.05, 4.69) is 6.07 Å². The minimum atomic E-state index is -3.45. The van der Waals surface area contributed by atoms with E-state index in [0.29, 0.717) is 18.0 Å². The van der Waals surface area contributed by atoms with Crippen molar-refractivity contribution >= 4 is 21.6 Å². The number of sulfonamides is 1. The third kappa shape index (κ3) is 3.35. The molecule has 0 radical (unpaired) electrons. The molecular formula is C18H20ClNO3S. The molecule has 0 aromatic heterocycles. The van der Waals surface area contributed by atoms with Crippen LogP contribution in [0.25, 0.3) is 0 Å². The molecule has 0 amide bonds. The van der Waals surface area contributed by atoms with Crippen molar-refractivity contribution in [1.82, 2.24) is 4.31 Å². The van der Waals surface area contributed by atoms with Crippen molar-refractivity contribution in [2.75, 3.05) is 26.0 Å².